The van der Waals surface area contributed by atoms with Crippen LogP contribution in [0.15, 0.2) is 0 Å². The number of carbonyl (C=O) groups is 1. The lowest BCUT2D eigenvalue weighted by atomic mass is 9.85. The Hall–Kier alpha value is -0.810. The molecule has 5 nitrogen and oxygen atoms in total. The highest BCUT2D eigenvalue weighted by Crippen LogP contribution is 2.24. The zero-order valence-electron chi connectivity index (χ0n) is 8.28. The number of hydrogen-bond donors (Lipinski definition) is 3. The Kier molecular flexibility index (Phi) is 4.16. The fourth-order valence-corrected chi connectivity index (χ4v) is 1.08. The number of aliphatic hydroxyl groups is 1. The molecule has 1 amide bonds. The third-order valence-electron chi connectivity index (χ3n) is 1.69. The van der Waals surface area contributed by atoms with E-state index in [2.05, 4.69) is 0 Å². The summed E-state index contributed by atoms with van der Waals surface area (Å²) in [5.41, 5.74) is 9.75. The Balaban J connectivity index is 4.46. The van der Waals surface area contributed by atoms with Gasteiger partial charge in [-0.25, -0.2) is 4.79 Å². The Morgan fingerprint density at radius 3 is 2.23 bits per heavy atom. The van der Waals surface area contributed by atoms with Gasteiger partial charge in [0.2, 0.25) is 0 Å². The molecule has 2 unspecified atom stereocenters. The Bertz CT molecular complexity index is 177. The van der Waals surface area contributed by atoms with E-state index < -0.39 is 18.3 Å². The summed E-state index contributed by atoms with van der Waals surface area (Å²) in [5, 5.41) is 9.44. The normalized spacial score (nSPS) is 16.4. The fraction of sp³-hybridized carbons (Fsp3) is 0.875. The summed E-state index contributed by atoms with van der Waals surface area (Å²) in [6, 6.07) is 0. The molecule has 5 N–H and O–H groups in total. The molecule has 13 heavy (non-hydrogen) atoms. The third-order valence-corrected chi connectivity index (χ3v) is 1.69. The second-order valence-corrected chi connectivity index (χ2v) is 4.03. The van der Waals surface area contributed by atoms with Crippen LogP contribution < -0.4 is 11.5 Å². The van der Waals surface area contributed by atoms with Gasteiger partial charge in [0.25, 0.3) is 0 Å². The quantitative estimate of drug-likeness (QED) is 0.574. The average Bonchev–Trinajstić information content (AvgIpc) is 1.96. The van der Waals surface area contributed by atoms with Crippen molar-refractivity contribution in [2.45, 2.75) is 33.0 Å². The lowest BCUT2D eigenvalue weighted by molar-refractivity contribution is -0.0465. The molecule has 0 fully saturated rings. The van der Waals surface area contributed by atoms with Gasteiger partial charge in [-0.15, -0.1) is 0 Å². The second kappa shape index (κ2) is 4.43. The van der Waals surface area contributed by atoms with Crippen LogP contribution in [0.3, 0.4) is 0 Å². The van der Waals surface area contributed by atoms with Crippen molar-refractivity contribution in [3.63, 3.8) is 0 Å². The zero-order chi connectivity index (χ0) is 10.6. The van der Waals surface area contributed by atoms with Gasteiger partial charge < -0.3 is 21.3 Å². The van der Waals surface area contributed by atoms with Crippen LogP contribution in [0.4, 0.5) is 4.79 Å². The van der Waals surface area contributed by atoms with Crippen LogP contribution in [0.1, 0.15) is 20.8 Å². The predicted molar refractivity (Wildman–Crippen MR) is 49.0 cm³/mol. The molecule has 0 aliphatic rings. The smallest absolute Gasteiger partial charge is 0.404 e. The van der Waals surface area contributed by atoms with Gasteiger partial charge in [-0.2, -0.15) is 0 Å². The number of rotatable bonds is 3. The van der Waals surface area contributed by atoms with Crippen LogP contribution in [0.2, 0.25) is 0 Å². The van der Waals surface area contributed by atoms with E-state index in [9.17, 15) is 9.90 Å². The van der Waals surface area contributed by atoms with E-state index in [0.717, 1.165) is 0 Å². The maximum atomic E-state index is 10.5. The second-order valence-electron chi connectivity index (χ2n) is 4.03. The molecule has 0 saturated carbocycles. The Morgan fingerprint density at radius 2 is 2.00 bits per heavy atom. The first-order valence-corrected chi connectivity index (χ1v) is 4.13. The minimum absolute atomic E-state index is 0.0369. The van der Waals surface area contributed by atoms with Crippen molar-refractivity contribution in [2.75, 3.05) is 6.54 Å². The Morgan fingerprint density at radius 1 is 1.54 bits per heavy atom. The largest absolute Gasteiger partial charge is 0.443 e. The molecule has 0 aromatic heterocycles. The van der Waals surface area contributed by atoms with Crippen molar-refractivity contribution in [1.29, 1.82) is 0 Å². The molecule has 0 spiro atoms. The highest BCUT2D eigenvalue weighted by molar-refractivity contribution is 5.64. The number of primary amides is 1. The first-order valence-electron chi connectivity index (χ1n) is 4.13. The molecule has 5 heteroatoms. The summed E-state index contributed by atoms with van der Waals surface area (Å²) in [7, 11) is 0. The summed E-state index contributed by atoms with van der Waals surface area (Å²) >= 11 is 0. The van der Waals surface area contributed by atoms with Gasteiger partial charge in [0, 0.05) is 12.0 Å². The van der Waals surface area contributed by atoms with Crippen molar-refractivity contribution < 1.29 is 14.6 Å². The summed E-state index contributed by atoms with van der Waals surface area (Å²) in [6.07, 6.45) is -2.45. The van der Waals surface area contributed by atoms with Crippen LogP contribution in [0.5, 0.6) is 0 Å². The molecule has 0 rings (SSSR count). The molecule has 78 valence electrons. The summed E-state index contributed by atoms with van der Waals surface area (Å²) in [6.45, 7) is 5.54. The van der Waals surface area contributed by atoms with Crippen molar-refractivity contribution in [2.24, 2.45) is 16.9 Å². The van der Waals surface area contributed by atoms with Gasteiger partial charge in [-0.1, -0.05) is 20.8 Å². The van der Waals surface area contributed by atoms with Gasteiger partial charge in [0.05, 0.1) is 0 Å². The summed E-state index contributed by atoms with van der Waals surface area (Å²) < 4.78 is 4.78. The number of hydrogen-bond acceptors (Lipinski definition) is 4. The number of aliphatic hydroxyl groups excluding tert-OH is 1. The van der Waals surface area contributed by atoms with E-state index in [1.54, 1.807) is 0 Å². The van der Waals surface area contributed by atoms with Gasteiger partial charge in [0.1, 0.15) is 12.2 Å². The number of nitrogens with two attached hydrogens (primary N) is 2. The molecule has 0 saturated heterocycles. The Labute approximate surface area is 78.0 Å². The van der Waals surface area contributed by atoms with Gasteiger partial charge in [-0.3, -0.25) is 0 Å². The zero-order valence-corrected chi connectivity index (χ0v) is 8.28. The summed E-state index contributed by atoms with van der Waals surface area (Å²) in [5.74, 6) is 0. The highest BCUT2D eigenvalue weighted by Gasteiger charge is 2.33. The van der Waals surface area contributed by atoms with E-state index in [1.807, 2.05) is 20.8 Å². The monoisotopic (exact) mass is 190 g/mol. The maximum absolute atomic E-state index is 10.5. The topological polar surface area (TPSA) is 98.6 Å². The molecule has 0 aliphatic carbocycles. The predicted octanol–water partition coefficient (Wildman–Crippen LogP) is -0.184. The third kappa shape index (κ3) is 4.10. The van der Waals surface area contributed by atoms with Crippen molar-refractivity contribution in [3.05, 3.63) is 0 Å². The van der Waals surface area contributed by atoms with Crippen molar-refractivity contribution in [1.82, 2.24) is 0 Å². The molecule has 2 atom stereocenters. The maximum Gasteiger partial charge on any atom is 0.404 e. The van der Waals surface area contributed by atoms with Crippen LogP contribution >= 0.6 is 0 Å². The fourth-order valence-electron chi connectivity index (χ4n) is 1.08. The molecule has 0 bridgehead atoms. The van der Waals surface area contributed by atoms with Gasteiger partial charge >= 0.3 is 6.09 Å². The molecular formula is C8H18N2O3. The van der Waals surface area contributed by atoms with Crippen LogP contribution in [-0.2, 0) is 4.74 Å². The number of carbonyl (C=O) groups excluding carboxylic acids is 1. The minimum Gasteiger partial charge on any atom is -0.443 e. The summed E-state index contributed by atoms with van der Waals surface area (Å²) in [4.78, 5) is 10.5. The van der Waals surface area contributed by atoms with E-state index >= 15 is 0 Å². The highest BCUT2D eigenvalue weighted by atomic mass is 16.6. The van der Waals surface area contributed by atoms with Crippen LogP contribution in [0.25, 0.3) is 0 Å². The average molecular weight is 190 g/mol. The van der Waals surface area contributed by atoms with E-state index in [4.69, 9.17) is 16.2 Å². The molecular weight excluding hydrogens is 172 g/mol. The molecule has 0 aliphatic heterocycles. The van der Waals surface area contributed by atoms with Crippen molar-refractivity contribution in [3.8, 4) is 0 Å². The van der Waals surface area contributed by atoms with Gasteiger partial charge in [0.15, 0.2) is 0 Å². The first-order chi connectivity index (χ1) is 5.79. The first kappa shape index (κ1) is 12.2. The molecule has 0 aromatic rings. The minimum atomic E-state index is -0.896. The standard InChI is InChI=1S/C8H18N2O3/c1-8(2,3)6(5(11)4-9)13-7(10)12/h5-6,11H,4,9H2,1-3H3,(H2,10,12). The van der Waals surface area contributed by atoms with E-state index in [0.29, 0.717) is 0 Å². The van der Waals surface area contributed by atoms with E-state index in [-0.39, 0.29) is 12.0 Å². The lowest BCUT2D eigenvalue weighted by Gasteiger charge is -2.32. The lowest BCUT2D eigenvalue weighted by Crippen LogP contribution is -2.46. The molecule has 0 radical (unpaired) electrons. The molecule has 0 heterocycles. The van der Waals surface area contributed by atoms with Gasteiger partial charge in [-0.05, 0) is 0 Å². The molecule has 0 aromatic carbocycles. The van der Waals surface area contributed by atoms with Crippen LogP contribution in [0, 0.1) is 5.41 Å². The SMILES string of the molecule is CC(C)(C)C(OC(N)=O)C(O)CN. The van der Waals surface area contributed by atoms with E-state index in [1.165, 1.54) is 0 Å². The van der Waals surface area contributed by atoms with Crippen molar-refractivity contribution >= 4 is 6.09 Å². The number of amides is 1. The number of ether oxygens (including phenoxy) is 1. The van der Waals surface area contributed by atoms with Crippen LogP contribution in [-0.4, -0.2) is 30.0 Å².